The van der Waals surface area contributed by atoms with Crippen LogP contribution >= 0.6 is 0 Å². The molecular formula is C6H11O5S. The Morgan fingerprint density at radius 1 is 1.58 bits per heavy atom. The molecule has 1 radical (unpaired) electrons. The number of rotatable bonds is 5. The van der Waals surface area contributed by atoms with E-state index in [-0.39, 0.29) is 6.61 Å². The third-order valence-electron chi connectivity index (χ3n) is 0.986. The molecule has 0 aromatic carbocycles. The lowest BCUT2D eigenvalue weighted by Crippen LogP contribution is -2.34. The van der Waals surface area contributed by atoms with Crippen LogP contribution in [0.15, 0.2) is 12.7 Å². The molecule has 0 aliphatic rings. The lowest BCUT2D eigenvalue weighted by Gasteiger charge is -2.15. The fourth-order valence-corrected chi connectivity index (χ4v) is 1.21. The summed E-state index contributed by atoms with van der Waals surface area (Å²) in [7, 11) is -4.42. The van der Waals surface area contributed by atoms with Crippen molar-refractivity contribution in [3.63, 3.8) is 0 Å². The fraction of sp³-hybridized carbons (Fsp3) is 0.500. The molecule has 0 rings (SSSR count). The van der Waals surface area contributed by atoms with Crippen molar-refractivity contribution in [3.8, 4) is 0 Å². The van der Waals surface area contributed by atoms with E-state index >= 15 is 0 Å². The molecule has 71 valence electrons. The van der Waals surface area contributed by atoms with Gasteiger partial charge in [-0.05, 0) is 6.92 Å². The molecule has 12 heavy (non-hydrogen) atoms. The second-order valence-electron chi connectivity index (χ2n) is 2.07. The van der Waals surface area contributed by atoms with E-state index in [0.29, 0.717) is 0 Å². The second kappa shape index (κ2) is 4.56. The maximum Gasteiger partial charge on any atom is 0.294 e. The third-order valence-corrected chi connectivity index (χ3v) is 2.02. The Balaban J connectivity index is 4.35. The minimum atomic E-state index is -4.42. The summed E-state index contributed by atoms with van der Waals surface area (Å²) in [6.07, 6.45) is -0.236. The monoisotopic (exact) mass is 195 g/mol. The van der Waals surface area contributed by atoms with Crippen LogP contribution in [0.1, 0.15) is 0 Å². The zero-order valence-electron chi connectivity index (χ0n) is 6.38. The predicted octanol–water partition coefficient (Wildman–Crippen LogP) is -0.402. The zero-order valence-corrected chi connectivity index (χ0v) is 7.20. The summed E-state index contributed by atoms with van der Waals surface area (Å²) in [5.74, 6) is 0. The van der Waals surface area contributed by atoms with Crippen LogP contribution in [0.25, 0.3) is 0 Å². The van der Waals surface area contributed by atoms with Gasteiger partial charge in [0.2, 0.25) is 5.44 Å². The van der Waals surface area contributed by atoms with Crippen molar-refractivity contribution in [2.45, 2.75) is 11.5 Å². The average Bonchev–Trinajstić information content (AvgIpc) is 1.84. The Bertz CT molecular complexity index is 230. The van der Waals surface area contributed by atoms with Crippen LogP contribution in [0.3, 0.4) is 0 Å². The van der Waals surface area contributed by atoms with Crippen LogP contribution in [0.4, 0.5) is 0 Å². The first kappa shape index (κ1) is 11.6. The van der Waals surface area contributed by atoms with Crippen molar-refractivity contribution in [3.05, 3.63) is 19.6 Å². The third kappa shape index (κ3) is 3.82. The Kier molecular flexibility index (Phi) is 4.40. The smallest absolute Gasteiger partial charge is 0.294 e. The van der Waals surface area contributed by atoms with E-state index in [4.69, 9.17) is 9.66 Å². The van der Waals surface area contributed by atoms with Crippen molar-refractivity contribution in [1.29, 1.82) is 0 Å². The number of hydrogen-bond acceptors (Lipinski definition) is 4. The van der Waals surface area contributed by atoms with Gasteiger partial charge < -0.3 is 9.84 Å². The molecule has 2 atom stereocenters. The predicted molar refractivity (Wildman–Crippen MR) is 42.8 cm³/mol. The van der Waals surface area contributed by atoms with E-state index in [9.17, 15) is 8.42 Å². The van der Waals surface area contributed by atoms with Crippen LogP contribution in [-0.2, 0) is 14.9 Å². The van der Waals surface area contributed by atoms with Crippen LogP contribution in [0.2, 0.25) is 0 Å². The summed E-state index contributed by atoms with van der Waals surface area (Å²) < 4.78 is 34.0. The van der Waals surface area contributed by atoms with Crippen LogP contribution in [0, 0.1) is 6.92 Å². The summed E-state index contributed by atoms with van der Waals surface area (Å²) in [6, 6.07) is 0. The summed E-state index contributed by atoms with van der Waals surface area (Å²) in [5.41, 5.74) is -1.71. The molecule has 2 unspecified atom stereocenters. The summed E-state index contributed by atoms with van der Waals surface area (Å²) in [5, 5.41) is 8.76. The van der Waals surface area contributed by atoms with Gasteiger partial charge in [0.15, 0.2) is 0 Å². The molecule has 6 heteroatoms. The van der Waals surface area contributed by atoms with E-state index in [1.165, 1.54) is 6.08 Å². The first-order chi connectivity index (χ1) is 5.39. The Hall–Kier alpha value is -0.430. The van der Waals surface area contributed by atoms with Gasteiger partial charge in [0.25, 0.3) is 10.1 Å². The largest absolute Gasteiger partial charge is 0.389 e. The van der Waals surface area contributed by atoms with Gasteiger partial charge in [-0.1, -0.05) is 6.08 Å². The highest BCUT2D eigenvalue weighted by Gasteiger charge is 2.28. The topological polar surface area (TPSA) is 83.8 Å². The molecule has 5 nitrogen and oxygen atoms in total. The number of ether oxygens (including phenoxy) is 1. The molecule has 0 bridgehead atoms. The van der Waals surface area contributed by atoms with Gasteiger partial charge in [-0.15, -0.1) is 6.58 Å². The summed E-state index contributed by atoms with van der Waals surface area (Å²) >= 11 is 0. The van der Waals surface area contributed by atoms with Gasteiger partial charge in [-0.3, -0.25) is 4.55 Å². The summed E-state index contributed by atoms with van der Waals surface area (Å²) in [4.78, 5) is 0. The molecule has 0 aromatic rings. The molecule has 0 fully saturated rings. The highest BCUT2D eigenvalue weighted by Crippen LogP contribution is 2.05. The number of hydrogen-bond donors (Lipinski definition) is 2. The molecule has 0 aliphatic carbocycles. The van der Waals surface area contributed by atoms with Crippen molar-refractivity contribution in [2.24, 2.45) is 0 Å². The highest BCUT2D eigenvalue weighted by atomic mass is 32.2. The highest BCUT2D eigenvalue weighted by molar-refractivity contribution is 7.86. The van der Waals surface area contributed by atoms with Gasteiger partial charge in [0.05, 0.1) is 12.7 Å². The molecule has 0 aromatic heterocycles. The van der Waals surface area contributed by atoms with Gasteiger partial charge >= 0.3 is 0 Å². The number of aliphatic hydroxyl groups excluding tert-OH is 1. The minimum absolute atomic E-state index is 0.0863. The molecule has 0 heterocycles. The van der Waals surface area contributed by atoms with Gasteiger partial charge in [-0.2, -0.15) is 8.42 Å². The minimum Gasteiger partial charge on any atom is -0.389 e. The van der Waals surface area contributed by atoms with Gasteiger partial charge in [-0.25, -0.2) is 0 Å². The van der Waals surface area contributed by atoms with Crippen LogP contribution in [0.5, 0.6) is 0 Å². The van der Waals surface area contributed by atoms with E-state index < -0.39 is 21.7 Å². The molecule has 0 saturated carbocycles. The molecule has 0 spiro atoms. The van der Waals surface area contributed by atoms with Crippen molar-refractivity contribution >= 4 is 10.1 Å². The lowest BCUT2D eigenvalue weighted by molar-refractivity contribution is 0.0385. The summed E-state index contributed by atoms with van der Waals surface area (Å²) in [6.45, 7) is 6.20. The Morgan fingerprint density at radius 2 is 2.08 bits per heavy atom. The van der Waals surface area contributed by atoms with Crippen LogP contribution < -0.4 is 0 Å². The SMILES string of the molecule is [CH2]C(O)C(OCC=C)S(=O)(=O)O. The zero-order chi connectivity index (χ0) is 9.78. The maximum atomic E-state index is 10.5. The Morgan fingerprint density at radius 3 is 2.33 bits per heavy atom. The maximum absolute atomic E-state index is 10.5. The van der Waals surface area contributed by atoms with Crippen molar-refractivity contribution in [1.82, 2.24) is 0 Å². The molecule has 0 amide bonds. The molecule has 0 saturated heterocycles. The standard InChI is InChI=1S/C6H11O5S/c1-3-4-11-6(5(2)7)12(8,9)10/h3,5-7H,1-2,4H2,(H,8,9,10). The molecule has 0 aliphatic heterocycles. The quantitative estimate of drug-likeness (QED) is 0.460. The first-order valence-corrected chi connectivity index (χ1v) is 4.60. The molecular weight excluding hydrogens is 184 g/mol. The lowest BCUT2D eigenvalue weighted by atomic mass is 10.4. The number of aliphatic hydroxyl groups is 1. The van der Waals surface area contributed by atoms with E-state index in [1.54, 1.807) is 0 Å². The van der Waals surface area contributed by atoms with E-state index in [1.807, 2.05) is 0 Å². The molecule has 2 N–H and O–H groups in total. The fourth-order valence-electron chi connectivity index (χ4n) is 0.558. The van der Waals surface area contributed by atoms with E-state index in [2.05, 4.69) is 18.2 Å². The van der Waals surface area contributed by atoms with Crippen molar-refractivity contribution < 1.29 is 22.8 Å². The van der Waals surface area contributed by atoms with Gasteiger partial charge in [0.1, 0.15) is 0 Å². The van der Waals surface area contributed by atoms with Crippen LogP contribution in [-0.4, -0.2) is 36.2 Å². The van der Waals surface area contributed by atoms with Crippen molar-refractivity contribution in [2.75, 3.05) is 6.61 Å². The Labute approximate surface area is 71.4 Å². The first-order valence-electron chi connectivity index (χ1n) is 3.09. The average molecular weight is 195 g/mol. The second-order valence-corrected chi connectivity index (χ2v) is 3.57. The van der Waals surface area contributed by atoms with Gasteiger partial charge in [0, 0.05) is 0 Å². The normalized spacial score (nSPS) is 16.9. The van der Waals surface area contributed by atoms with E-state index in [0.717, 1.165) is 0 Å².